The van der Waals surface area contributed by atoms with Gasteiger partial charge in [0.1, 0.15) is 0 Å². The predicted molar refractivity (Wildman–Crippen MR) is 110 cm³/mol. The summed E-state index contributed by atoms with van der Waals surface area (Å²) in [5.74, 6) is -0.544. The second-order valence-corrected chi connectivity index (χ2v) is 8.62. The number of carbonyl (C=O) groups excluding carboxylic acids is 2. The molecule has 0 aliphatic heterocycles. The van der Waals surface area contributed by atoms with Gasteiger partial charge in [-0.25, -0.2) is 9.78 Å². The molecule has 150 valence electrons. The van der Waals surface area contributed by atoms with E-state index in [9.17, 15) is 14.4 Å². The van der Waals surface area contributed by atoms with Crippen molar-refractivity contribution in [3.05, 3.63) is 34.6 Å². The van der Waals surface area contributed by atoms with Crippen LogP contribution in [0.5, 0.6) is 0 Å². The number of imide groups is 1. The van der Waals surface area contributed by atoms with Crippen LogP contribution < -0.4 is 16.6 Å². The van der Waals surface area contributed by atoms with Gasteiger partial charge in [0.2, 0.25) is 5.91 Å². The highest BCUT2D eigenvalue weighted by Gasteiger charge is 2.29. The van der Waals surface area contributed by atoms with E-state index >= 15 is 0 Å². The Labute approximate surface area is 168 Å². The minimum absolute atomic E-state index is 0.0715. The SMILES string of the molecule is CC(C)[C@H](Sc1nc2ccccc2c(=O)n1C1CCCCC1)C(=O)NC(N)=O. The Bertz CT molecular complexity index is 935. The van der Waals surface area contributed by atoms with Gasteiger partial charge >= 0.3 is 6.03 Å². The number of nitrogens with one attached hydrogen (secondary N) is 1. The monoisotopic (exact) mass is 402 g/mol. The van der Waals surface area contributed by atoms with E-state index in [-0.39, 0.29) is 17.5 Å². The lowest BCUT2D eigenvalue weighted by molar-refractivity contribution is -0.120. The molecule has 0 saturated heterocycles. The summed E-state index contributed by atoms with van der Waals surface area (Å²) in [6.07, 6.45) is 5.17. The average Bonchev–Trinajstić information content (AvgIpc) is 2.66. The summed E-state index contributed by atoms with van der Waals surface area (Å²) >= 11 is 1.23. The molecular weight excluding hydrogens is 376 g/mol. The number of hydrogen-bond acceptors (Lipinski definition) is 5. The molecule has 1 aliphatic rings. The van der Waals surface area contributed by atoms with Crippen molar-refractivity contribution in [3.63, 3.8) is 0 Å². The number of carbonyl (C=O) groups is 2. The summed E-state index contributed by atoms with van der Waals surface area (Å²) < 4.78 is 1.76. The number of nitrogens with two attached hydrogens (primary N) is 1. The van der Waals surface area contributed by atoms with E-state index in [0.717, 1.165) is 25.7 Å². The average molecular weight is 403 g/mol. The molecule has 1 atom stereocenters. The molecule has 28 heavy (non-hydrogen) atoms. The number of primary amides is 1. The van der Waals surface area contributed by atoms with Gasteiger partial charge in [0, 0.05) is 6.04 Å². The lowest BCUT2D eigenvalue weighted by Crippen LogP contribution is -2.42. The number of aromatic nitrogens is 2. The molecule has 1 aliphatic carbocycles. The van der Waals surface area contributed by atoms with Crippen LogP contribution in [-0.2, 0) is 4.79 Å². The summed E-state index contributed by atoms with van der Waals surface area (Å²) in [5.41, 5.74) is 5.66. The van der Waals surface area contributed by atoms with E-state index in [1.165, 1.54) is 18.2 Å². The first kappa shape index (κ1) is 20.4. The van der Waals surface area contributed by atoms with Gasteiger partial charge < -0.3 is 5.73 Å². The second-order valence-electron chi connectivity index (χ2n) is 7.51. The van der Waals surface area contributed by atoms with E-state index in [2.05, 4.69) is 5.32 Å². The van der Waals surface area contributed by atoms with Crippen molar-refractivity contribution in [1.29, 1.82) is 0 Å². The Hall–Kier alpha value is -2.35. The third kappa shape index (κ3) is 4.38. The first-order valence-corrected chi connectivity index (χ1v) is 10.5. The molecule has 8 heteroatoms. The molecule has 0 radical (unpaired) electrons. The Morgan fingerprint density at radius 2 is 1.89 bits per heavy atom. The third-order valence-electron chi connectivity index (χ3n) is 5.06. The maximum Gasteiger partial charge on any atom is 0.318 e. The normalized spacial score (nSPS) is 16.2. The van der Waals surface area contributed by atoms with Crippen LogP contribution >= 0.6 is 11.8 Å². The fraction of sp³-hybridized carbons (Fsp3) is 0.500. The molecule has 7 nitrogen and oxygen atoms in total. The lowest BCUT2D eigenvalue weighted by atomic mass is 9.95. The highest BCUT2D eigenvalue weighted by atomic mass is 32.2. The van der Waals surface area contributed by atoms with Crippen LogP contribution in [0.1, 0.15) is 52.0 Å². The maximum atomic E-state index is 13.3. The summed E-state index contributed by atoms with van der Waals surface area (Å²) in [6.45, 7) is 3.78. The molecule has 0 spiro atoms. The van der Waals surface area contributed by atoms with Gasteiger partial charge in [-0.1, -0.05) is 57.0 Å². The molecule has 3 N–H and O–H groups in total. The molecule has 0 bridgehead atoms. The number of nitrogens with zero attached hydrogens (tertiary/aromatic N) is 2. The van der Waals surface area contributed by atoms with Gasteiger partial charge in [0.25, 0.3) is 5.56 Å². The molecule has 1 aromatic heterocycles. The summed E-state index contributed by atoms with van der Waals surface area (Å²) in [4.78, 5) is 41.6. The molecule has 1 saturated carbocycles. The van der Waals surface area contributed by atoms with Crippen molar-refractivity contribution in [2.75, 3.05) is 0 Å². The zero-order valence-corrected chi connectivity index (χ0v) is 17.0. The van der Waals surface area contributed by atoms with Crippen LogP contribution in [0.3, 0.4) is 0 Å². The highest BCUT2D eigenvalue weighted by molar-refractivity contribution is 8.00. The van der Waals surface area contributed by atoms with Gasteiger partial charge in [-0.05, 0) is 30.9 Å². The smallest absolute Gasteiger partial charge is 0.318 e. The van der Waals surface area contributed by atoms with Crippen molar-refractivity contribution in [2.24, 2.45) is 11.7 Å². The number of benzene rings is 1. The van der Waals surface area contributed by atoms with E-state index in [4.69, 9.17) is 10.7 Å². The van der Waals surface area contributed by atoms with Crippen molar-refractivity contribution in [1.82, 2.24) is 14.9 Å². The first-order valence-electron chi connectivity index (χ1n) is 9.66. The van der Waals surface area contributed by atoms with Gasteiger partial charge in [0.05, 0.1) is 16.2 Å². The lowest BCUT2D eigenvalue weighted by Gasteiger charge is -2.27. The molecule has 1 aromatic carbocycles. The Balaban J connectivity index is 2.08. The highest BCUT2D eigenvalue weighted by Crippen LogP contribution is 2.34. The van der Waals surface area contributed by atoms with Crippen molar-refractivity contribution in [3.8, 4) is 0 Å². The summed E-state index contributed by atoms with van der Waals surface area (Å²) in [6, 6.07) is 6.47. The molecule has 2 aromatic rings. The van der Waals surface area contributed by atoms with Crippen molar-refractivity contribution >= 4 is 34.6 Å². The van der Waals surface area contributed by atoms with E-state index < -0.39 is 17.2 Å². The Morgan fingerprint density at radius 3 is 2.54 bits per heavy atom. The second kappa shape index (κ2) is 8.77. The van der Waals surface area contributed by atoms with Crippen LogP contribution in [0.4, 0.5) is 4.79 Å². The molecule has 3 rings (SSSR count). The van der Waals surface area contributed by atoms with E-state index in [0.29, 0.717) is 16.1 Å². The Morgan fingerprint density at radius 1 is 1.21 bits per heavy atom. The minimum Gasteiger partial charge on any atom is -0.351 e. The van der Waals surface area contributed by atoms with Gasteiger partial charge in [-0.15, -0.1) is 0 Å². The van der Waals surface area contributed by atoms with Gasteiger partial charge in [-0.2, -0.15) is 0 Å². The first-order chi connectivity index (χ1) is 13.4. The number of rotatable bonds is 5. The predicted octanol–water partition coefficient (Wildman–Crippen LogP) is 3.21. The maximum absolute atomic E-state index is 13.3. The quantitative estimate of drug-likeness (QED) is 0.590. The largest absolute Gasteiger partial charge is 0.351 e. The van der Waals surface area contributed by atoms with Gasteiger partial charge in [0.15, 0.2) is 5.16 Å². The zero-order chi connectivity index (χ0) is 20.3. The number of para-hydroxylation sites is 1. The van der Waals surface area contributed by atoms with Crippen LogP contribution in [0, 0.1) is 5.92 Å². The van der Waals surface area contributed by atoms with Crippen molar-refractivity contribution < 1.29 is 9.59 Å². The minimum atomic E-state index is -0.882. The van der Waals surface area contributed by atoms with Crippen LogP contribution in [-0.4, -0.2) is 26.7 Å². The zero-order valence-electron chi connectivity index (χ0n) is 16.2. The Kier molecular flexibility index (Phi) is 6.39. The fourth-order valence-electron chi connectivity index (χ4n) is 3.67. The standard InChI is InChI=1S/C20H26N4O3S/c1-12(2)16(17(25)23-19(21)27)28-20-22-15-11-7-6-10-14(15)18(26)24(20)13-8-4-3-5-9-13/h6-7,10-13,16H,3-5,8-9H2,1-2H3,(H3,21,23,25,27)/t16-/m0/s1. The number of amides is 3. The summed E-state index contributed by atoms with van der Waals surface area (Å²) in [5, 5.41) is 2.68. The number of fused-ring (bicyclic) bond motifs is 1. The molecule has 1 fully saturated rings. The summed E-state index contributed by atoms with van der Waals surface area (Å²) in [7, 11) is 0. The topological polar surface area (TPSA) is 107 Å². The molecule has 3 amide bonds. The van der Waals surface area contributed by atoms with Crippen LogP contribution in [0.25, 0.3) is 10.9 Å². The van der Waals surface area contributed by atoms with Crippen molar-refractivity contribution in [2.45, 2.75) is 62.4 Å². The molecule has 0 unspecified atom stereocenters. The van der Waals surface area contributed by atoms with E-state index in [1.807, 2.05) is 26.0 Å². The number of urea groups is 1. The van der Waals surface area contributed by atoms with Crippen LogP contribution in [0.15, 0.2) is 34.2 Å². The van der Waals surface area contributed by atoms with Gasteiger partial charge in [-0.3, -0.25) is 19.5 Å². The molecular formula is C20H26N4O3S. The third-order valence-corrected chi connectivity index (χ3v) is 6.57. The molecule has 1 heterocycles. The van der Waals surface area contributed by atoms with E-state index in [1.54, 1.807) is 16.7 Å². The fourth-order valence-corrected chi connectivity index (χ4v) is 4.83. The number of thioether (sulfide) groups is 1. The number of hydrogen-bond donors (Lipinski definition) is 2. The van der Waals surface area contributed by atoms with Crippen LogP contribution in [0.2, 0.25) is 0 Å².